The van der Waals surface area contributed by atoms with E-state index in [2.05, 4.69) is 0 Å². The van der Waals surface area contributed by atoms with Crippen molar-refractivity contribution in [1.82, 2.24) is 0 Å². The van der Waals surface area contributed by atoms with Gasteiger partial charge in [0.05, 0.1) is 10.5 Å². The monoisotopic (exact) mass is 432 g/mol. The molecule has 3 aromatic rings. The summed E-state index contributed by atoms with van der Waals surface area (Å²) in [5, 5.41) is 22.0. The lowest BCUT2D eigenvalue weighted by Crippen LogP contribution is -2.30. The highest BCUT2D eigenvalue weighted by Gasteiger charge is 2.48. The quantitative estimate of drug-likeness (QED) is 0.209. The van der Waals surface area contributed by atoms with Crippen LogP contribution in [0.1, 0.15) is 34.3 Å². The Balaban J connectivity index is 1.93. The molecule has 0 saturated carbocycles. The number of aliphatic hydroxyl groups excluding tert-OH is 1. The van der Waals surface area contributed by atoms with E-state index < -0.39 is 28.4 Å². The van der Waals surface area contributed by atoms with Gasteiger partial charge in [0.1, 0.15) is 23.3 Å². The highest BCUT2D eigenvalue weighted by molar-refractivity contribution is 6.51. The van der Waals surface area contributed by atoms with Crippen molar-refractivity contribution in [3.8, 4) is 0 Å². The number of non-ortho nitro benzene ring substituents is 1. The average molecular weight is 432 g/mol. The number of nitro benzene ring substituents is 1. The minimum atomic E-state index is -0.987. The van der Waals surface area contributed by atoms with Crippen LogP contribution in [0.15, 0.2) is 64.6 Å². The lowest BCUT2D eigenvalue weighted by Gasteiger charge is -2.25. The number of nitro groups is 1. The maximum Gasteiger partial charge on any atom is 0.300 e. The maximum absolute atomic E-state index is 13.1. The zero-order valence-corrected chi connectivity index (χ0v) is 17.7. The van der Waals surface area contributed by atoms with E-state index in [0.717, 1.165) is 11.1 Å². The predicted octanol–water partition coefficient (Wildman–Crippen LogP) is 4.74. The van der Waals surface area contributed by atoms with E-state index in [9.17, 15) is 24.8 Å². The van der Waals surface area contributed by atoms with Crippen LogP contribution in [0.25, 0.3) is 5.76 Å². The molecular weight excluding hydrogens is 412 g/mol. The van der Waals surface area contributed by atoms with E-state index in [1.165, 1.54) is 29.2 Å². The van der Waals surface area contributed by atoms with Crippen LogP contribution in [0.2, 0.25) is 0 Å². The number of rotatable bonds is 4. The number of Topliss-reactive ketones (excluding diaryl/α,β-unsaturated/α-hetero) is 1. The van der Waals surface area contributed by atoms with Crippen molar-refractivity contribution in [2.24, 2.45) is 0 Å². The lowest BCUT2D eigenvalue weighted by atomic mass is 9.98. The molecule has 8 heteroatoms. The zero-order valence-electron chi connectivity index (χ0n) is 17.7. The topological polar surface area (TPSA) is 114 Å². The fraction of sp³-hybridized carbons (Fsp3) is 0.167. The van der Waals surface area contributed by atoms with Crippen molar-refractivity contribution >= 4 is 28.8 Å². The van der Waals surface area contributed by atoms with Crippen molar-refractivity contribution in [2.45, 2.75) is 26.8 Å². The van der Waals surface area contributed by atoms with Crippen LogP contribution >= 0.6 is 0 Å². The van der Waals surface area contributed by atoms with Crippen LogP contribution in [0, 0.1) is 30.9 Å². The van der Waals surface area contributed by atoms with Gasteiger partial charge in [0, 0.05) is 23.4 Å². The van der Waals surface area contributed by atoms with E-state index >= 15 is 0 Å². The van der Waals surface area contributed by atoms with Crippen molar-refractivity contribution in [3.63, 3.8) is 0 Å². The Bertz CT molecular complexity index is 1290. The first-order chi connectivity index (χ1) is 15.2. The number of hydrogen-bond acceptors (Lipinski definition) is 6. The van der Waals surface area contributed by atoms with Gasteiger partial charge in [-0.1, -0.05) is 12.1 Å². The number of benzene rings is 2. The number of carbonyl (C=O) groups excluding carboxylic acids is 2. The van der Waals surface area contributed by atoms with Gasteiger partial charge in [-0.15, -0.1) is 0 Å². The molecule has 1 aromatic heterocycles. The minimum absolute atomic E-state index is 0.140. The minimum Gasteiger partial charge on any atom is -0.507 e. The average Bonchev–Trinajstić information content (AvgIpc) is 3.30. The molecule has 1 amide bonds. The fourth-order valence-corrected chi connectivity index (χ4v) is 3.83. The maximum atomic E-state index is 13.1. The zero-order chi connectivity index (χ0) is 23.2. The predicted molar refractivity (Wildman–Crippen MR) is 117 cm³/mol. The Morgan fingerprint density at radius 3 is 2.31 bits per heavy atom. The number of furan rings is 1. The second kappa shape index (κ2) is 7.81. The highest BCUT2D eigenvalue weighted by atomic mass is 16.6. The molecule has 1 atom stereocenters. The molecule has 0 radical (unpaired) electrons. The number of aryl methyl sites for hydroxylation is 3. The number of aliphatic hydroxyl groups is 1. The molecule has 2 aromatic carbocycles. The number of anilines is 1. The van der Waals surface area contributed by atoms with E-state index in [1.54, 1.807) is 25.1 Å². The van der Waals surface area contributed by atoms with E-state index in [0.29, 0.717) is 17.2 Å². The van der Waals surface area contributed by atoms with Gasteiger partial charge in [-0.3, -0.25) is 24.6 Å². The van der Waals surface area contributed by atoms with Crippen LogP contribution < -0.4 is 4.90 Å². The number of hydrogen-bond donors (Lipinski definition) is 1. The Morgan fingerprint density at radius 2 is 1.72 bits per heavy atom. The van der Waals surface area contributed by atoms with Crippen LogP contribution in [0.5, 0.6) is 0 Å². The molecule has 1 fully saturated rings. The molecule has 1 N–H and O–H groups in total. The Kier molecular flexibility index (Phi) is 5.14. The number of carbonyl (C=O) groups is 2. The molecule has 0 aliphatic carbocycles. The summed E-state index contributed by atoms with van der Waals surface area (Å²) in [6, 6.07) is 13.1. The van der Waals surface area contributed by atoms with Crippen molar-refractivity contribution < 1.29 is 24.0 Å². The van der Waals surface area contributed by atoms with Gasteiger partial charge in [0.25, 0.3) is 17.4 Å². The molecule has 32 heavy (non-hydrogen) atoms. The first-order valence-electron chi connectivity index (χ1n) is 9.88. The molecule has 8 nitrogen and oxygen atoms in total. The molecule has 2 heterocycles. The summed E-state index contributed by atoms with van der Waals surface area (Å²) < 4.78 is 5.77. The van der Waals surface area contributed by atoms with Crippen LogP contribution in [0.4, 0.5) is 11.4 Å². The third-order valence-corrected chi connectivity index (χ3v) is 5.45. The molecule has 1 aliphatic rings. The van der Waals surface area contributed by atoms with Crippen LogP contribution in [0.3, 0.4) is 0 Å². The second-order valence-corrected chi connectivity index (χ2v) is 7.71. The summed E-state index contributed by atoms with van der Waals surface area (Å²) in [5.74, 6) is -1.17. The van der Waals surface area contributed by atoms with Gasteiger partial charge in [0.15, 0.2) is 0 Å². The molecule has 1 unspecified atom stereocenters. The van der Waals surface area contributed by atoms with Gasteiger partial charge < -0.3 is 9.52 Å². The largest absolute Gasteiger partial charge is 0.507 e. The van der Waals surface area contributed by atoms with Crippen molar-refractivity contribution in [1.29, 1.82) is 0 Å². The highest BCUT2D eigenvalue weighted by Crippen LogP contribution is 2.43. The number of amides is 1. The van der Waals surface area contributed by atoms with E-state index in [-0.39, 0.29) is 16.8 Å². The Hall–Kier alpha value is -4.20. The first-order valence-corrected chi connectivity index (χ1v) is 9.88. The Morgan fingerprint density at radius 1 is 1.03 bits per heavy atom. The van der Waals surface area contributed by atoms with E-state index in [4.69, 9.17) is 4.42 Å². The van der Waals surface area contributed by atoms with Gasteiger partial charge in [-0.2, -0.15) is 0 Å². The first kappa shape index (κ1) is 21.0. The summed E-state index contributed by atoms with van der Waals surface area (Å²) >= 11 is 0. The smallest absolute Gasteiger partial charge is 0.300 e. The fourth-order valence-electron chi connectivity index (χ4n) is 3.83. The number of nitrogens with zero attached hydrogens (tertiary/aromatic N) is 2. The molecule has 162 valence electrons. The second-order valence-electron chi connectivity index (χ2n) is 7.71. The SMILES string of the molecule is Cc1ccc(C)c(N2C(=O)C(=O)/C(=C(\O)c3ccc([N+](=O)[O-])cc3)C2c2ccc(C)o2)c1. The number of ketones is 1. The summed E-state index contributed by atoms with van der Waals surface area (Å²) in [6.45, 7) is 5.45. The summed E-state index contributed by atoms with van der Waals surface area (Å²) in [5.41, 5.74) is 2.10. The molecule has 4 rings (SSSR count). The van der Waals surface area contributed by atoms with Gasteiger partial charge in [0.2, 0.25) is 0 Å². The van der Waals surface area contributed by atoms with Gasteiger partial charge in [-0.05, 0) is 62.2 Å². The Labute approximate surface area is 183 Å². The van der Waals surface area contributed by atoms with Crippen LogP contribution in [-0.4, -0.2) is 21.7 Å². The van der Waals surface area contributed by atoms with Crippen molar-refractivity contribution in [2.75, 3.05) is 4.90 Å². The third-order valence-electron chi connectivity index (χ3n) is 5.45. The molecular formula is C24H20N2O6. The molecule has 0 spiro atoms. The third kappa shape index (κ3) is 3.45. The summed E-state index contributed by atoms with van der Waals surface area (Å²) in [7, 11) is 0. The lowest BCUT2D eigenvalue weighted by molar-refractivity contribution is -0.384. The standard InChI is InChI=1S/C24H20N2O6/c1-13-4-5-14(2)18(12-13)25-21(19-11-6-15(3)32-19)20(23(28)24(25)29)22(27)16-7-9-17(10-8-16)26(30)31/h4-12,21,27H,1-3H3/b22-20-. The van der Waals surface area contributed by atoms with E-state index in [1.807, 2.05) is 26.0 Å². The summed E-state index contributed by atoms with van der Waals surface area (Å²) in [4.78, 5) is 38.0. The van der Waals surface area contributed by atoms with Gasteiger partial charge in [-0.25, -0.2) is 0 Å². The van der Waals surface area contributed by atoms with Crippen LogP contribution in [-0.2, 0) is 9.59 Å². The van der Waals surface area contributed by atoms with Gasteiger partial charge >= 0.3 is 0 Å². The molecule has 0 bridgehead atoms. The summed E-state index contributed by atoms with van der Waals surface area (Å²) in [6.07, 6.45) is 0. The molecule has 1 aliphatic heterocycles. The molecule has 1 saturated heterocycles. The van der Waals surface area contributed by atoms with Crippen molar-refractivity contribution in [3.05, 3.63) is 98.5 Å². The normalized spacial score (nSPS) is 17.7.